The molecule has 1 atom stereocenters. The average Bonchev–Trinajstić information content (AvgIpc) is 2.17. The lowest BCUT2D eigenvalue weighted by Gasteiger charge is -2.39. The van der Waals surface area contributed by atoms with Crippen molar-refractivity contribution in [2.24, 2.45) is 5.92 Å². The van der Waals surface area contributed by atoms with Gasteiger partial charge in [0, 0.05) is 25.8 Å². The van der Waals surface area contributed by atoms with E-state index in [0.29, 0.717) is 12.0 Å². The van der Waals surface area contributed by atoms with Crippen molar-refractivity contribution in [1.82, 2.24) is 4.98 Å². The number of likely N-dealkylation sites (N-methyl/N-ethyl adjacent to an activating group) is 1. The van der Waals surface area contributed by atoms with Gasteiger partial charge in [-0.05, 0) is 21.8 Å². The van der Waals surface area contributed by atoms with E-state index >= 15 is 0 Å². The highest BCUT2D eigenvalue weighted by Crippen LogP contribution is 2.37. The molecular formula is C11H16BrN3. The molecule has 1 aromatic rings. The van der Waals surface area contributed by atoms with Gasteiger partial charge in [0.15, 0.2) is 0 Å². The van der Waals surface area contributed by atoms with Gasteiger partial charge < -0.3 is 10.2 Å². The highest BCUT2D eigenvalue weighted by atomic mass is 79.9. The van der Waals surface area contributed by atoms with Crippen LogP contribution < -0.4 is 10.2 Å². The maximum atomic E-state index is 4.17. The van der Waals surface area contributed by atoms with Crippen LogP contribution >= 0.6 is 15.9 Å². The van der Waals surface area contributed by atoms with Gasteiger partial charge in [-0.3, -0.25) is 4.98 Å². The zero-order valence-corrected chi connectivity index (χ0v) is 10.9. The Morgan fingerprint density at radius 2 is 2.27 bits per heavy atom. The quantitative estimate of drug-likeness (QED) is 0.850. The summed E-state index contributed by atoms with van der Waals surface area (Å²) in [7, 11) is 2.15. The van der Waals surface area contributed by atoms with Gasteiger partial charge in [0.1, 0.15) is 0 Å². The molecule has 1 aliphatic heterocycles. The zero-order valence-electron chi connectivity index (χ0n) is 9.29. The first-order valence-electron chi connectivity index (χ1n) is 5.21. The first-order valence-corrected chi connectivity index (χ1v) is 6.00. The lowest BCUT2D eigenvalue weighted by Crippen LogP contribution is -2.45. The minimum Gasteiger partial charge on any atom is -0.380 e. The SMILES string of the molecule is CC(C)C1CNc2cncc(Br)c2N1C. The second kappa shape index (κ2) is 4.00. The summed E-state index contributed by atoms with van der Waals surface area (Å²) in [4.78, 5) is 6.50. The molecule has 0 aliphatic carbocycles. The molecule has 4 heteroatoms. The van der Waals surface area contributed by atoms with Gasteiger partial charge >= 0.3 is 0 Å². The Kier molecular flexibility index (Phi) is 2.87. The molecule has 0 saturated carbocycles. The number of fused-ring (bicyclic) bond motifs is 1. The first kappa shape index (κ1) is 10.7. The smallest absolute Gasteiger partial charge is 0.0778 e. The highest BCUT2D eigenvalue weighted by Gasteiger charge is 2.27. The number of halogens is 1. The van der Waals surface area contributed by atoms with Crippen molar-refractivity contribution in [2.45, 2.75) is 19.9 Å². The van der Waals surface area contributed by atoms with Gasteiger partial charge in [0.2, 0.25) is 0 Å². The van der Waals surface area contributed by atoms with Crippen LogP contribution in [0.1, 0.15) is 13.8 Å². The fourth-order valence-corrected chi connectivity index (χ4v) is 2.73. The van der Waals surface area contributed by atoms with Crippen LogP contribution in [0.25, 0.3) is 0 Å². The Balaban J connectivity index is 2.40. The van der Waals surface area contributed by atoms with Crippen LogP contribution in [0.5, 0.6) is 0 Å². The van der Waals surface area contributed by atoms with E-state index < -0.39 is 0 Å². The lowest BCUT2D eigenvalue weighted by atomic mass is 10.00. The molecule has 0 amide bonds. The van der Waals surface area contributed by atoms with Crippen LogP contribution in [0, 0.1) is 5.92 Å². The number of hydrogen-bond donors (Lipinski definition) is 1. The van der Waals surface area contributed by atoms with Crippen LogP contribution in [0.2, 0.25) is 0 Å². The van der Waals surface area contributed by atoms with E-state index in [9.17, 15) is 0 Å². The number of nitrogens with one attached hydrogen (secondary N) is 1. The van der Waals surface area contributed by atoms with Crippen molar-refractivity contribution in [3.63, 3.8) is 0 Å². The monoisotopic (exact) mass is 269 g/mol. The molecule has 0 radical (unpaired) electrons. The fourth-order valence-electron chi connectivity index (χ4n) is 2.12. The summed E-state index contributed by atoms with van der Waals surface area (Å²) in [6.45, 7) is 5.49. The molecule has 1 unspecified atom stereocenters. The first-order chi connectivity index (χ1) is 7.11. The molecule has 0 bridgehead atoms. The predicted octanol–water partition coefficient (Wildman–Crippen LogP) is 2.73. The molecule has 2 rings (SSSR count). The van der Waals surface area contributed by atoms with E-state index in [-0.39, 0.29) is 0 Å². The molecule has 1 aromatic heterocycles. The number of pyridine rings is 1. The molecule has 82 valence electrons. The number of rotatable bonds is 1. The molecule has 15 heavy (non-hydrogen) atoms. The van der Waals surface area contributed by atoms with Crippen LogP contribution in [-0.2, 0) is 0 Å². The highest BCUT2D eigenvalue weighted by molar-refractivity contribution is 9.10. The molecule has 0 fully saturated rings. The van der Waals surface area contributed by atoms with Crippen molar-refractivity contribution < 1.29 is 0 Å². The van der Waals surface area contributed by atoms with Gasteiger partial charge in [0.25, 0.3) is 0 Å². The lowest BCUT2D eigenvalue weighted by molar-refractivity contribution is 0.482. The molecular weight excluding hydrogens is 254 g/mol. The van der Waals surface area contributed by atoms with E-state index in [1.165, 1.54) is 5.69 Å². The van der Waals surface area contributed by atoms with Gasteiger partial charge in [-0.2, -0.15) is 0 Å². The molecule has 1 aliphatic rings. The van der Waals surface area contributed by atoms with Crippen LogP contribution in [0.15, 0.2) is 16.9 Å². The van der Waals surface area contributed by atoms with E-state index in [0.717, 1.165) is 16.7 Å². The van der Waals surface area contributed by atoms with Gasteiger partial charge in [-0.1, -0.05) is 13.8 Å². The topological polar surface area (TPSA) is 28.2 Å². The Morgan fingerprint density at radius 1 is 1.53 bits per heavy atom. The Hall–Kier alpha value is -0.770. The number of aromatic nitrogens is 1. The summed E-state index contributed by atoms with van der Waals surface area (Å²) in [5.74, 6) is 0.635. The van der Waals surface area contributed by atoms with Gasteiger partial charge in [-0.15, -0.1) is 0 Å². The summed E-state index contributed by atoms with van der Waals surface area (Å²) in [5, 5.41) is 3.43. The molecule has 3 nitrogen and oxygen atoms in total. The van der Waals surface area contributed by atoms with Crippen molar-refractivity contribution in [3.05, 3.63) is 16.9 Å². The number of hydrogen-bond acceptors (Lipinski definition) is 3. The third-order valence-electron chi connectivity index (χ3n) is 2.99. The zero-order chi connectivity index (χ0) is 11.0. The van der Waals surface area contributed by atoms with Crippen molar-refractivity contribution in [3.8, 4) is 0 Å². The van der Waals surface area contributed by atoms with Crippen molar-refractivity contribution in [1.29, 1.82) is 0 Å². The molecule has 0 saturated heterocycles. The van der Waals surface area contributed by atoms with Gasteiger partial charge in [-0.25, -0.2) is 0 Å². The van der Waals surface area contributed by atoms with Gasteiger partial charge in [0.05, 0.1) is 22.0 Å². The maximum absolute atomic E-state index is 4.17. The summed E-state index contributed by atoms with van der Waals surface area (Å²) in [6.07, 6.45) is 3.73. The van der Waals surface area contributed by atoms with E-state index in [4.69, 9.17) is 0 Å². The summed E-state index contributed by atoms with van der Waals surface area (Å²) >= 11 is 3.55. The average molecular weight is 270 g/mol. The maximum Gasteiger partial charge on any atom is 0.0778 e. The van der Waals surface area contributed by atoms with E-state index in [1.54, 1.807) is 0 Å². The molecule has 0 spiro atoms. The third kappa shape index (κ3) is 1.83. The minimum absolute atomic E-state index is 0.538. The summed E-state index contributed by atoms with van der Waals surface area (Å²) < 4.78 is 1.06. The van der Waals surface area contributed by atoms with E-state index in [2.05, 4.69) is 52.0 Å². The van der Waals surface area contributed by atoms with Crippen LogP contribution in [0.4, 0.5) is 11.4 Å². The minimum atomic E-state index is 0.538. The predicted molar refractivity (Wildman–Crippen MR) is 67.5 cm³/mol. The Bertz CT molecular complexity index is 365. The second-order valence-corrected chi connectivity index (χ2v) is 5.17. The number of anilines is 2. The molecule has 2 heterocycles. The standard InChI is InChI=1S/C11H16BrN3/c1-7(2)10-6-14-9-5-13-4-8(12)11(9)15(10)3/h4-5,7,10,14H,6H2,1-3H3. The van der Waals surface area contributed by atoms with Crippen LogP contribution in [-0.4, -0.2) is 24.6 Å². The fraction of sp³-hybridized carbons (Fsp3) is 0.545. The molecule has 1 N–H and O–H groups in total. The van der Waals surface area contributed by atoms with Crippen LogP contribution in [0.3, 0.4) is 0 Å². The normalized spacial score (nSPS) is 20.1. The van der Waals surface area contributed by atoms with Crippen molar-refractivity contribution >= 4 is 27.3 Å². The Morgan fingerprint density at radius 3 is 2.93 bits per heavy atom. The van der Waals surface area contributed by atoms with E-state index in [1.807, 2.05) is 12.4 Å². The Labute approximate surface area is 99.0 Å². The molecule has 0 aromatic carbocycles. The number of nitrogens with zero attached hydrogens (tertiary/aromatic N) is 2. The van der Waals surface area contributed by atoms with Crippen molar-refractivity contribution in [2.75, 3.05) is 23.8 Å². The summed E-state index contributed by atoms with van der Waals surface area (Å²) in [5.41, 5.74) is 2.33. The third-order valence-corrected chi connectivity index (χ3v) is 3.57. The second-order valence-electron chi connectivity index (χ2n) is 4.32. The largest absolute Gasteiger partial charge is 0.380 e. The summed E-state index contributed by atoms with van der Waals surface area (Å²) in [6, 6.07) is 0.538.